The molecule has 1 aliphatic carbocycles. The standard InChI is InChI=1S/C13H23N3/c1-10-9-12(16(2)15-10)7-8-13(14)11-5-3-4-6-11/h9,11,13H,3-8,14H2,1-2H3. The van der Waals surface area contributed by atoms with Crippen molar-refractivity contribution in [2.45, 2.75) is 51.5 Å². The second-order valence-corrected chi connectivity index (χ2v) is 5.15. The van der Waals surface area contributed by atoms with Crippen LogP contribution in [0.4, 0.5) is 0 Å². The quantitative estimate of drug-likeness (QED) is 0.847. The molecule has 0 aliphatic heterocycles. The van der Waals surface area contributed by atoms with Crippen molar-refractivity contribution in [2.75, 3.05) is 0 Å². The Bertz CT molecular complexity index is 337. The molecule has 2 rings (SSSR count). The number of rotatable bonds is 4. The third kappa shape index (κ3) is 2.64. The first kappa shape index (κ1) is 11.6. The van der Waals surface area contributed by atoms with Gasteiger partial charge in [0.05, 0.1) is 5.69 Å². The highest BCUT2D eigenvalue weighted by molar-refractivity contribution is 5.08. The highest BCUT2D eigenvalue weighted by Crippen LogP contribution is 2.28. The van der Waals surface area contributed by atoms with E-state index in [1.165, 1.54) is 31.4 Å². The van der Waals surface area contributed by atoms with Crippen LogP contribution in [0.1, 0.15) is 43.5 Å². The molecule has 3 heteroatoms. The number of nitrogens with zero attached hydrogens (tertiary/aromatic N) is 2. The Hall–Kier alpha value is -0.830. The zero-order chi connectivity index (χ0) is 11.5. The van der Waals surface area contributed by atoms with Crippen molar-refractivity contribution in [1.82, 2.24) is 9.78 Å². The summed E-state index contributed by atoms with van der Waals surface area (Å²) in [6.07, 6.45) is 7.60. The Morgan fingerprint density at radius 2 is 2.19 bits per heavy atom. The van der Waals surface area contributed by atoms with Gasteiger partial charge in [-0.1, -0.05) is 12.8 Å². The number of aromatic nitrogens is 2. The van der Waals surface area contributed by atoms with Gasteiger partial charge in [0.15, 0.2) is 0 Å². The lowest BCUT2D eigenvalue weighted by atomic mass is 9.94. The normalized spacial score (nSPS) is 19.2. The third-order valence-electron chi connectivity index (χ3n) is 3.84. The summed E-state index contributed by atoms with van der Waals surface area (Å²) >= 11 is 0. The average molecular weight is 221 g/mol. The summed E-state index contributed by atoms with van der Waals surface area (Å²) in [6, 6.07) is 2.55. The van der Waals surface area contributed by atoms with Crippen molar-refractivity contribution < 1.29 is 0 Å². The molecule has 16 heavy (non-hydrogen) atoms. The molecular formula is C13H23N3. The van der Waals surface area contributed by atoms with E-state index in [4.69, 9.17) is 5.73 Å². The first-order valence-electron chi connectivity index (χ1n) is 6.42. The average Bonchev–Trinajstić information content (AvgIpc) is 2.84. The van der Waals surface area contributed by atoms with Gasteiger partial charge in [-0.05, 0) is 44.6 Å². The lowest BCUT2D eigenvalue weighted by Gasteiger charge is -2.18. The lowest BCUT2D eigenvalue weighted by molar-refractivity contribution is 0.407. The van der Waals surface area contributed by atoms with Gasteiger partial charge in [0.25, 0.3) is 0 Å². The lowest BCUT2D eigenvalue weighted by Crippen LogP contribution is -2.29. The van der Waals surface area contributed by atoms with Gasteiger partial charge in [-0.25, -0.2) is 0 Å². The molecule has 0 aromatic carbocycles. The minimum absolute atomic E-state index is 0.387. The molecular weight excluding hydrogens is 198 g/mol. The van der Waals surface area contributed by atoms with Crippen molar-refractivity contribution in [3.8, 4) is 0 Å². The maximum absolute atomic E-state index is 6.25. The van der Waals surface area contributed by atoms with E-state index in [1.807, 2.05) is 18.7 Å². The van der Waals surface area contributed by atoms with Gasteiger partial charge in [-0.2, -0.15) is 5.10 Å². The molecule has 0 saturated heterocycles. The monoisotopic (exact) mass is 221 g/mol. The zero-order valence-corrected chi connectivity index (χ0v) is 10.4. The molecule has 1 saturated carbocycles. The summed E-state index contributed by atoms with van der Waals surface area (Å²) in [4.78, 5) is 0. The SMILES string of the molecule is Cc1cc(CCC(N)C2CCCC2)n(C)n1. The fourth-order valence-electron chi connectivity index (χ4n) is 2.83. The highest BCUT2D eigenvalue weighted by atomic mass is 15.3. The van der Waals surface area contributed by atoms with E-state index >= 15 is 0 Å². The first-order valence-corrected chi connectivity index (χ1v) is 6.42. The van der Waals surface area contributed by atoms with Crippen LogP contribution in [0.25, 0.3) is 0 Å². The molecule has 0 spiro atoms. The summed E-state index contributed by atoms with van der Waals surface area (Å²) in [5, 5.41) is 4.36. The molecule has 0 amide bonds. The summed E-state index contributed by atoms with van der Waals surface area (Å²) in [5.74, 6) is 0.773. The van der Waals surface area contributed by atoms with E-state index < -0.39 is 0 Å². The van der Waals surface area contributed by atoms with Crippen molar-refractivity contribution >= 4 is 0 Å². The predicted octanol–water partition coefficient (Wildman–Crippen LogP) is 2.18. The van der Waals surface area contributed by atoms with Crippen LogP contribution in [0, 0.1) is 12.8 Å². The maximum atomic E-state index is 6.25. The van der Waals surface area contributed by atoms with Gasteiger partial charge >= 0.3 is 0 Å². The van der Waals surface area contributed by atoms with Gasteiger partial charge in [-0.3, -0.25) is 4.68 Å². The summed E-state index contributed by atoms with van der Waals surface area (Å²) in [6.45, 7) is 2.04. The Balaban J connectivity index is 1.84. The first-order chi connectivity index (χ1) is 7.66. The summed E-state index contributed by atoms with van der Waals surface area (Å²) < 4.78 is 1.98. The minimum Gasteiger partial charge on any atom is -0.327 e. The zero-order valence-electron chi connectivity index (χ0n) is 10.4. The Morgan fingerprint density at radius 3 is 2.75 bits per heavy atom. The fraction of sp³-hybridized carbons (Fsp3) is 0.769. The largest absolute Gasteiger partial charge is 0.327 e. The number of nitrogens with two attached hydrogens (primary N) is 1. The molecule has 0 bridgehead atoms. The topological polar surface area (TPSA) is 43.8 Å². The molecule has 1 unspecified atom stereocenters. The summed E-state index contributed by atoms with van der Waals surface area (Å²) in [5.41, 5.74) is 8.67. The van der Waals surface area contributed by atoms with Crippen LogP contribution >= 0.6 is 0 Å². The van der Waals surface area contributed by atoms with Crippen LogP contribution in [0.2, 0.25) is 0 Å². The second-order valence-electron chi connectivity index (χ2n) is 5.15. The molecule has 3 nitrogen and oxygen atoms in total. The van der Waals surface area contributed by atoms with Crippen LogP contribution in [0.5, 0.6) is 0 Å². The minimum atomic E-state index is 0.387. The van der Waals surface area contributed by atoms with E-state index in [1.54, 1.807) is 0 Å². The second kappa shape index (κ2) is 5.00. The van der Waals surface area contributed by atoms with Crippen molar-refractivity contribution in [3.63, 3.8) is 0 Å². The molecule has 0 radical (unpaired) electrons. The van der Waals surface area contributed by atoms with Crippen molar-refractivity contribution in [2.24, 2.45) is 18.7 Å². The van der Waals surface area contributed by atoms with E-state index in [0.717, 1.165) is 24.5 Å². The smallest absolute Gasteiger partial charge is 0.0596 e. The molecule has 2 N–H and O–H groups in total. The Labute approximate surface area is 98.0 Å². The fourth-order valence-corrected chi connectivity index (χ4v) is 2.83. The van der Waals surface area contributed by atoms with Gasteiger partial charge in [0.1, 0.15) is 0 Å². The highest BCUT2D eigenvalue weighted by Gasteiger charge is 2.21. The van der Waals surface area contributed by atoms with E-state index in [0.29, 0.717) is 6.04 Å². The number of aryl methyl sites for hydroxylation is 3. The molecule has 1 aromatic heterocycles. The van der Waals surface area contributed by atoms with Crippen LogP contribution in [-0.4, -0.2) is 15.8 Å². The predicted molar refractivity (Wildman–Crippen MR) is 66.2 cm³/mol. The van der Waals surface area contributed by atoms with E-state index in [9.17, 15) is 0 Å². The molecule has 1 fully saturated rings. The maximum Gasteiger partial charge on any atom is 0.0596 e. The molecule has 1 heterocycles. The number of hydrogen-bond acceptors (Lipinski definition) is 2. The summed E-state index contributed by atoms with van der Waals surface area (Å²) in [7, 11) is 2.02. The van der Waals surface area contributed by atoms with Crippen LogP contribution in [-0.2, 0) is 13.5 Å². The van der Waals surface area contributed by atoms with E-state index in [-0.39, 0.29) is 0 Å². The van der Waals surface area contributed by atoms with E-state index in [2.05, 4.69) is 11.2 Å². The molecule has 1 aliphatic rings. The number of hydrogen-bond donors (Lipinski definition) is 1. The van der Waals surface area contributed by atoms with Crippen LogP contribution in [0.15, 0.2) is 6.07 Å². The Morgan fingerprint density at radius 1 is 1.50 bits per heavy atom. The molecule has 1 atom stereocenters. The van der Waals surface area contributed by atoms with Crippen LogP contribution < -0.4 is 5.73 Å². The van der Waals surface area contributed by atoms with Crippen molar-refractivity contribution in [1.29, 1.82) is 0 Å². The van der Waals surface area contributed by atoms with Gasteiger partial charge in [-0.15, -0.1) is 0 Å². The molecule has 1 aromatic rings. The van der Waals surface area contributed by atoms with Gasteiger partial charge in [0.2, 0.25) is 0 Å². The van der Waals surface area contributed by atoms with Crippen LogP contribution in [0.3, 0.4) is 0 Å². The molecule has 90 valence electrons. The third-order valence-corrected chi connectivity index (χ3v) is 3.84. The van der Waals surface area contributed by atoms with Crippen molar-refractivity contribution in [3.05, 3.63) is 17.5 Å². The Kier molecular flexibility index (Phi) is 3.64. The van der Waals surface area contributed by atoms with Gasteiger partial charge in [0, 0.05) is 18.8 Å². The van der Waals surface area contributed by atoms with Gasteiger partial charge < -0.3 is 5.73 Å².